The van der Waals surface area contributed by atoms with Gasteiger partial charge in [0.2, 0.25) is 0 Å². The molecular weight excluding hydrogens is 473 g/mol. The second-order valence-corrected chi connectivity index (χ2v) is 11.3. The summed E-state index contributed by atoms with van der Waals surface area (Å²) in [5, 5.41) is 0. The highest BCUT2D eigenvalue weighted by atomic mass is 35.5. The van der Waals surface area contributed by atoms with Crippen LogP contribution < -0.4 is 4.74 Å². The third-order valence-electron chi connectivity index (χ3n) is 5.30. The van der Waals surface area contributed by atoms with Crippen LogP contribution in [0.5, 0.6) is 11.5 Å². The van der Waals surface area contributed by atoms with E-state index in [9.17, 15) is 17.6 Å². The lowest BCUT2D eigenvalue weighted by Crippen LogP contribution is -2.40. The molecule has 9 heteroatoms. The van der Waals surface area contributed by atoms with Crippen LogP contribution in [0.2, 0.25) is 4.34 Å². The van der Waals surface area contributed by atoms with Crippen LogP contribution in [0.25, 0.3) is 0 Å². The quantitative estimate of drug-likeness (QED) is 0.404. The fraction of sp³-hybridized carbons (Fsp3) is 0.261. The number of rotatable bonds is 8. The van der Waals surface area contributed by atoms with E-state index in [1.54, 1.807) is 30.3 Å². The average molecular weight is 494 g/mol. The summed E-state index contributed by atoms with van der Waals surface area (Å²) < 4.78 is 46.6. The van der Waals surface area contributed by atoms with Crippen molar-refractivity contribution in [3.05, 3.63) is 76.4 Å². The Morgan fingerprint density at radius 3 is 2.59 bits per heavy atom. The number of hydrogen-bond donors (Lipinski definition) is 0. The summed E-state index contributed by atoms with van der Waals surface area (Å²) >= 11 is 6.90. The van der Waals surface area contributed by atoms with Gasteiger partial charge in [-0.2, -0.15) is 4.31 Å². The zero-order valence-corrected chi connectivity index (χ0v) is 19.4. The summed E-state index contributed by atoms with van der Waals surface area (Å²) in [4.78, 5) is 12.9. The van der Waals surface area contributed by atoms with Crippen molar-refractivity contribution in [2.45, 2.75) is 35.9 Å². The largest absolute Gasteiger partial charge is 0.457 e. The Kier molecular flexibility index (Phi) is 6.95. The van der Waals surface area contributed by atoms with E-state index in [1.165, 1.54) is 22.5 Å². The summed E-state index contributed by atoms with van der Waals surface area (Å²) in [6.45, 7) is 0.334. The zero-order valence-electron chi connectivity index (χ0n) is 17.0. The van der Waals surface area contributed by atoms with Crippen molar-refractivity contribution >= 4 is 38.7 Å². The van der Waals surface area contributed by atoms with Gasteiger partial charge in [-0.15, -0.1) is 11.3 Å². The van der Waals surface area contributed by atoms with Crippen LogP contribution in [-0.2, 0) is 21.2 Å². The van der Waals surface area contributed by atoms with Gasteiger partial charge in [-0.05, 0) is 61.2 Å². The fourth-order valence-electron chi connectivity index (χ4n) is 3.73. The number of halogens is 2. The molecule has 1 atom stereocenters. The van der Waals surface area contributed by atoms with Crippen molar-refractivity contribution in [2.75, 3.05) is 6.54 Å². The maximum atomic E-state index is 13.3. The van der Waals surface area contributed by atoms with Crippen LogP contribution in [0.15, 0.2) is 64.9 Å². The van der Waals surface area contributed by atoms with E-state index in [4.69, 9.17) is 16.3 Å². The number of Topliss-reactive ketones (excluding diaryl/α,β-unsaturated/α-hetero) is 1. The third kappa shape index (κ3) is 5.20. The first-order chi connectivity index (χ1) is 15.3. The molecule has 0 spiro atoms. The van der Waals surface area contributed by atoms with Crippen molar-refractivity contribution in [2.24, 2.45) is 0 Å². The molecule has 0 amide bonds. The third-order valence-corrected chi connectivity index (χ3v) is 8.91. The lowest BCUT2D eigenvalue weighted by atomic mass is 10.0. The smallest absolute Gasteiger partial charge is 0.253 e. The molecule has 5 nitrogen and oxygen atoms in total. The van der Waals surface area contributed by atoms with Gasteiger partial charge < -0.3 is 4.74 Å². The summed E-state index contributed by atoms with van der Waals surface area (Å²) in [5.41, 5.74) is 0.933. The van der Waals surface area contributed by atoms with E-state index in [0.717, 1.165) is 16.9 Å². The zero-order chi connectivity index (χ0) is 22.7. The summed E-state index contributed by atoms with van der Waals surface area (Å²) in [6, 6.07) is 15.5. The normalized spacial score (nSPS) is 16.9. The Morgan fingerprint density at radius 2 is 1.91 bits per heavy atom. The number of sulfonamides is 1. The number of ether oxygens (including phenoxy) is 1. The van der Waals surface area contributed by atoms with E-state index in [0.29, 0.717) is 41.6 Å². The molecule has 0 saturated carbocycles. The topological polar surface area (TPSA) is 63.7 Å². The predicted octanol–water partition coefficient (Wildman–Crippen LogP) is 5.69. The Bertz CT molecular complexity index is 1210. The Morgan fingerprint density at radius 1 is 1.12 bits per heavy atom. The lowest BCUT2D eigenvalue weighted by molar-refractivity contribution is -0.122. The van der Waals surface area contributed by atoms with Crippen LogP contribution in [0.4, 0.5) is 4.39 Å². The molecule has 1 fully saturated rings. The van der Waals surface area contributed by atoms with Crippen LogP contribution in [-0.4, -0.2) is 31.1 Å². The minimum atomic E-state index is -3.73. The van der Waals surface area contributed by atoms with Crippen LogP contribution >= 0.6 is 22.9 Å². The molecule has 3 aromatic rings. The van der Waals surface area contributed by atoms with E-state index in [1.807, 2.05) is 12.1 Å². The van der Waals surface area contributed by atoms with Gasteiger partial charge >= 0.3 is 0 Å². The number of ketones is 1. The Hall–Kier alpha value is -2.26. The second-order valence-electron chi connectivity index (χ2n) is 7.50. The highest BCUT2D eigenvalue weighted by molar-refractivity contribution is 7.91. The van der Waals surface area contributed by atoms with Crippen molar-refractivity contribution in [1.29, 1.82) is 0 Å². The van der Waals surface area contributed by atoms with Gasteiger partial charge in [-0.1, -0.05) is 29.8 Å². The van der Waals surface area contributed by atoms with Crippen LogP contribution in [0.1, 0.15) is 24.8 Å². The number of carbonyl (C=O) groups is 1. The molecule has 168 valence electrons. The van der Waals surface area contributed by atoms with Gasteiger partial charge in [0, 0.05) is 19.0 Å². The molecule has 0 radical (unpaired) electrons. The van der Waals surface area contributed by atoms with E-state index in [-0.39, 0.29) is 22.2 Å². The molecule has 0 unspecified atom stereocenters. The molecule has 1 aliphatic rings. The van der Waals surface area contributed by atoms with Gasteiger partial charge in [0.15, 0.2) is 5.78 Å². The first-order valence-corrected chi connectivity index (χ1v) is 12.8. The molecule has 2 heterocycles. The maximum absolute atomic E-state index is 13.3. The molecule has 1 aromatic heterocycles. The van der Waals surface area contributed by atoms with Gasteiger partial charge in [0.05, 0.1) is 10.4 Å². The van der Waals surface area contributed by atoms with E-state index in [2.05, 4.69) is 0 Å². The molecule has 32 heavy (non-hydrogen) atoms. The monoisotopic (exact) mass is 493 g/mol. The average Bonchev–Trinajstić information content (AvgIpc) is 3.43. The molecule has 1 aliphatic heterocycles. The molecule has 0 N–H and O–H groups in total. The van der Waals surface area contributed by atoms with Crippen molar-refractivity contribution in [1.82, 2.24) is 4.31 Å². The fourth-order valence-corrected chi connectivity index (χ4v) is 7.02. The maximum Gasteiger partial charge on any atom is 0.253 e. The molecule has 2 aromatic carbocycles. The Labute approximate surface area is 195 Å². The molecule has 0 aliphatic carbocycles. The van der Waals surface area contributed by atoms with Crippen molar-refractivity contribution in [3.63, 3.8) is 0 Å². The summed E-state index contributed by atoms with van der Waals surface area (Å²) in [6.07, 6.45) is 1.92. The first-order valence-electron chi connectivity index (χ1n) is 10.2. The summed E-state index contributed by atoms with van der Waals surface area (Å²) in [7, 11) is -3.73. The van der Waals surface area contributed by atoms with E-state index >= 15 is 0 Å². The number of thiophene rings is 1. The molecule has 1 saturated heterocycles. The number of carbonyl (C=O) groups excluding carboxylic acids is 1. The summed E-state index contributed by atoms with van der Waals surface area (Å²) in [5.74, 6) is 0.507. The van der Waals surface area contributed by atoms with Crippen LogP contribution in [0.3, 0.4) is 0 Å². The first kappa shape index (κ1) is 22.9. The Balaban J connectivity index is 1.36. The van der Waals surface area contributed by atoms with Gasteiger partial charge in [0.1, 0.15) is 21.5 Å². The van der Waals surface area contributed by atoms with Crippen molar-refractivity contribution < 1.29 is 22.3 Å². The van der Waals surface area contributed by atoms with E-state index < -0.39 is 16.1 Å². The number of benzene rings is 2. The number of hydrogen-bond acceptors (Lipinski definition) is 5. The highest BCUT2D eigenvalue weighted by Gasteiger charge is 2.39. The van der Waals surface area contributed by atoms with Gasteiger partial charge in [0.25, 0.3) is 10.0 Å². The number of aryl methyl sites for hydroxylation is 1. The SMILES string of the molecule is O=C(CCc1ccc(Oc2cccc(F)c2)cc1)[C@@H]1CCCN1S(=O)(=O)c1ccc(Cl)s1. The standard InChI is InChI=1S/C23H21ClFNO4S2/c24-22-12-13-23(31-22)32(28,29)26-14-2-5-20(26)21(27)11-8-16-6-9-18(10-7-16)30-19-4-1-3-17(25)15-19/h1,3-4,6-7,9-10,12-13,15,20H,2,5,8,11,14H2/t20-/m0/s1. The minimum Gasteiger partial charge on any atom is -0.457 e. The van der Waals surface area contributed by atoms with Gasteiger partial charge in [-0.3, -0.25) is 4.79 Å². The number of nitrogens with zero attached hydrogens (tertiary/aromatic N) is 1. The minimum absolute atomic E-state index is 0.0891. The highest BCUT2D eigenvalue weighted by Crippen LogP contribution is 2.33. The second kappa shape index (κ2) is 9.70. The molecular formula is C23H21ClFNO4S2. The lowest BCUT2D eigenvalue weighted by Gasteiger charge is -2.22. The molecule has 4 rings (SSSR count). The van der Waals surface area contributed by atoms with Crippen molar-refractivity contribution in [3.8, 4) is 11.5 Å². The van der Waals surface area contributed by atoms with Gasteiger partial charge in [-0.25, -0.2) is 12.8 Å². The predicted molar refractivity (Wildman–Crippen MR) is 122 cm³/mol. The van der Waals surface area contributed by atoms with Crippen LogP contribution in [0, 0.1) is 5.82 Å². The molecule has 0 bridgehead atoms.